The molecule has 182 valence electrons. The predicted octanol–water partition coefficient (Wildman–Crippen LogP) is 1.71. The van der Waals surface area contributed by atoms with Gasteiger partial charge in [0.1, 0.15) is 24.2 Å². The summed E-state index contributed by atoms with van der Waals surface area (Å²) >= 11 is 0. The summed E-state index contributed by atoms with van der Waals surface area (Å²) in [6.07, 6.45) is -0.993. The Labute approximate surface area is 200 Å². The predicted molar refractivity (Wildman–Crippen MR) is 132 cm³/mol. The minimum absolute atomic E-state index is 0.0261. The molecule has 2 aromatic carbocycles. The maximum absolute atomic E-state index is 12.6. The van der Waals surface area contributed by atoms with E-state index in [9.17, 15) is 19.8 Å². The van der Waals surface area contributed by atoms with Crippen molar-refractivity contribution in [3.63, 3.8) is 0 Å². The van der Waals surface area contributed by atoms with Gasteiger partial charge < -0.3 is 19.5 Å². The second kappa shape index (κ2) is 9.85. The van der Waals surface area contributed by atoms with Crippen LogP contribution in [0.2, 0.25) is 0 Å². The first kappa shape index (κ1) is 23.8. The summed E-state index contributed by atoms with van der Waals surface area (Å²) in [4.78, 5) is 31.4. The van der Waals surface area contributed by atoms with Crippen LogP contribution in [0.1, 0.15) is 18.1 Å². The number of aromatic amines is 1. The van der Waals surface area contributed by atoms with Crippen molar-refractivity contribution in [2.75, 3.05) is 12.0 Å². The SMILES string of the molecule is CC(=NNc1nc2c(c(=O)[nH]c(=O)n2C)n1CC(O)COc1ccc(C)cc1)c1ccc(O)cc1. The number of aromatic hydroxyl groups is 1. The van der Waals surface area contributed by atoms with Crippen LogP contribution in [0, 0.1) is 6.92 Å². The van der Waals surface area contributed by atoms with Crippen molar-refractivity contribution < 1.29 is 14.9 Å². The molecule has 4 rings (SSSR count). The van der Waals surface area contributed by atoms with E-state index in [0.717, 1.165) is 11.1 Å². The number of imidazole rings is 1. The fourth-order valence-electron chi connectivity index (χ4n) is 3.49. The van der Waals surface area contributed by atoms with Crippen molar-refractivity contribution in [3.8, 4) is 11.5 Å². The molecule has 0 amide bonds. The quantitative estimate of drug-likeness (QED) is 0.223. The Bertz CT molecular complexity index is 1480. The van der Waals surface area contributed by atoms with E-state index in [1.54, 1.807) is 31.2 Å². The smallest absolute Gasteiger partial charge is 0.329 e. The van der Waals surface area contributed by atoms with E-state index >= 15 is 0 Å². The number of phenols is 1. The Hall–Kier alpha value is -4.38. The van der Waals surface area contributed by atoms with E-state index < -0.39 is 17.4 Å². The molecule has 1 atom stereocenters. The zero-order valence-corrected chi connectivity index (χ0v) is 19.5. The van der Waals surface area contributed by atoms with Crippen molar-refractivity contribution in [1.82, 2.24) is 19.1 Å². The summed E-state index contributed by atoms with van der Waals surface area (Å²) in [6.45, 7) is 3.66. The number of H-pyrrole nitrogens is 1. The fourth-order valence-corrected chi connectivity index (χ4v) is 3.49. The van der Waals surface area contributed by atoms with Gasteiger partial charge in [-0.1, -0.05) is 17.7 Å². The van der Waals surface area contributed by atoms with Crippen LogP contribution in [0.25, 0.3) is 11.2 Å². The number of hydrogen-bond donors (Lipinski definition) is 4. The van der Waals surface area contributed by atoms with E-state index in [1.165, 1.54) is 16.2 Å². The fraction of sp³-hybridized carbons (Fsp3) is 0.250. The summed E-state index contributed by atoms with van der Waals surface area (Å²) < 4.78 is 8.34. The van der Waals surface area contributed by atoms with Crippen molar-refractivity contribution in [3.05, 3.63) is 80.5 Å². The van der Waals surface area contributed by atoms with Gasteiger partial charge in [-0.05, 0) is 55.8 Å². The molecule has 0 aliphatic heterocycles. The molecule has 0 spiro atoms. The first-order valence-corrected chi connectivity index (χ1v) is 10.9. The van der Waals surface area contributed by atoms with Crippen molar-refractivity contribution in [1.29, 1.82) is 0 Å². The van der Waals surface area contributed by atoms with Gasteiger partial charge in [0.05, 0.1) is 12.3 Å². The average molecular weight is 479 g/mol. The number of hydrogen-bond acceptors (Lipinski definition) is 8. The lowest BCUT2D eigenvalue weighted by Crippen LogP contribution is -2.30. The summed E-state index contributed by atoms with van der Waals surface area (Å²) in [5.41, 5.74) is 4.29. The number of aromatic nitrogens is 4. The van der Waals surface area contributed by atoms with E-state index in [0.29, 0.717) is 11.5 Å². The number of benzene rings is 2. The highest BCUT2D eigenvalue weighted by Gasteiger charge is 2.20. The van der Waals surface area contributed by atoms with E-state index in [2.05, 4.69) is 20.5 Å². The standard InChI is InChI=1S/C24H26N6O5/c1-14-4-10-19(11-5-14)35-13-18(32)12-30-20-21(29(3)24(34)26-22(20)33)25-23(30)28-27-15(2)16-6-8-17(31)9-7-16/h4-11,18,31-32H,12-13H2,1-3H3,(H,25,28)(H,26,33,34). The average Bonchev–Trinajstić information content (AvgIpc) is 3.20. The molecule has 1 unspecified atom stereocenters. The molecule has 0 saturated carbocycles. The highest BCUT2D eigenvalue weighted by atomic mass is 16.5. The molecule has 0 fully saturated rings. The molecule has 0 aliphatic carbocycles. The molecule has 35 heavy (non-hydrogen) atoms. The Balaban J connectivity index is 1.64. The van der Waals surface area contributed by atoms with Crippen molar-refractivity contribution in [2.45, 2.75) is 26.5 Å². The number of phenolic OH excluding ortho intramolecular Hbond substituents is 1. The van der Waals surface area contributed by atoms with Crippen LogP contribution in [-0.2, 0) is 13.6 Å². The lowest BCUT2D eigenvalue weighted by atomic mass is 10.1. The topological polar surface area (TPSA) is 147 Å². The second-order valence-corrected chi connectivity index (χ2v) is 8.17. The number of hydrazone groups is 1. The molecule has 4 aromatic rings. The third kappa shape index (κ3) is 5.25. The van der Waals surface area contributed by atoms with E-state index in [1.807, 2.05) is 31.2 Å². The number of rotatable bonds is 8. The summed E-state index contributed by atoms with van der Waals surface area (Å²) in [7, 11) is 1.49. The van der Waals surface area contributed by atoms with Crippen LogP contribution in [0.4, 0.5) is 5.95 Å². The molecular formula is C24H26N6O5. The van der Waals surface area contributed by atoms with Crippen LogP contribution < -0.4 is 21.4 Å². The molecule has 0 aliphatic rings. The summed E-state index contributed by atoms with van der Waals surface area (Å²) in [5, 5.41) is 24.5. The first-order chi connectivity index (χ1) is 16.7. The number of aryl methyl sites for hydroxylation is 2. The van der Waals surface area contributed by atoms with E-state index in [4.69, 9.17) is 4.74 Å². The Kier molecular flexibility index (Phi) is 6.69. The number of ether oxygens (including phenoxy) is 1. The van der Waals surface area contributed by atoms with Gasteiger partial charge in [-0.2, -0.15) is 10.1 Å². The molecular weight excluding hydrogens is 452 g/mol. The van der Waals surface area contributed by atoms with Crippen LogP contribution in [0.5, 0.6) is 11.5 Å². The molecule has 4 N–H and O–H groups in total. The van der Waals surface area contributed by atoms with Crippen LogP contribution in [-0.4, -0.2) is 47.7 Å². The zero-order valence-electron chi connectivity index (χ0n) is 19.5. The molecule has 2 aromatic heterocycles. The zero-order chi connectivity index (χ0) is 25.1. The number of nitrogens with one attached hydrogen (secondary N) is 2. The maximum Gasteiger partial charge on any atom is 0.329 e. The van der Waals surface area contributed by atoms with Gasteiger partial charge in [-0.15, -0.1) is 0 Å². The third-order valence-electron chi connectivity index (χ3n) is 5.47. The number of aliphatic hydroxyl groups excluding tert-OH is 1. The number of anilines is 1. The maximum atomic E-state index is 12.6. The van der Waals surface area contributed by atoms with Crippen molar-refractivity contribution >= 4 is 22.8 Å². The molecule has 2 heterocycles. The van der Waals surface area contributed by atoms with Gasteiger partial charge in [0.15, 0.2) is 11.2 Å². The minimum Gasteiger partial charge on any atom is -0.508 e. The second-order valence-electron chi connectivity index (χ2n) is 8.17. The summed E-state index contributed by atoms with van der Waals surface area (Å²) in [5.74, 6) is 0.912. The minimum atomic E-state index is -0.993. The normalized spacial score (nSPS) is 12.6. The van der Waals surface area contributed by atoms with Gasteiger partial charge in [0.25, 0.3) is 5.56 Å². The van der Waals surface area contributed by atoms with Gasteiger partial charge >= 0.3 is 5.69 Å². The van der Waals surface area contributed by atoms with Crippen molar-refractivity contribution in [2.24, 2.45) is 12.1 Å². The van der Waals surface area contributed by atoms with Gasteiger partial charge in [-0.3, -0.25) is 14.3 Å². The first-order valence-electron chi connectivity index (χ1n) is 10.9. The Morgan fingerprint density at radius 3 is 2.54 bits per heavy atom. The molecule has 11 heteroatoms. The van der Waals surface area contributed by atoms with Crippen LogP contribution in [0.3, 0.4) is 0 Å². The molecule has 0 radical (unpaired) electrons. The highest BCUT2D eigenvalue weighted by molar-refractivity contribution is 5.99. The van der Waals surface area contributed by atoms with Crippen LogP contribution in [0.15, 0.2) is 63.2 Å². The molecule has 11 nitrogen and oxygen atoms in total. The van der Waals surface area contributed by atoms with Gasteiger partial charge in [0, 0.05) is 7.05 Å². The molecule has 0 bridgehead atoms. The Morgan fingerprint density at radius 2 is 1.86 bits per heavy atom. The monoisotopic (exact) mass is 478 g/mol. The van der Waals surface area contributed by atoms with Gasteiger partial charge in [0.2, 0.25) is 5.95 Å². The summed E-state index contributed by atoms with van der Waals surface area (Å²) in [6, 6.07) is 13.9. The largest absolute Gasteiger partial charge is 0.508 e. The third-order valence-corrected chi connectivity index (χ3v) is 5.47. The lowest BCUT2D eigenvalue weighted by molar-refractivity contribution is 0.0938. The molecule has 0 saturated heterocycles. The highest BCUT2D eigenvalue weighted by Crippen LogP contribution is 2.18. The lowest BCUT2D eigenvalue weighted by Gasteiger charge is -2.15. The number of aliphatic hydroxyl groups is 1. The number of fused-ring (bicyclic) bond motifs is 1. The van der Waals surface area contributed by atoms with Crippen LogP contribution >= 0.6 is 0 Å². The Morgan fingerprint density at radius 1 is 1.17 bits per heavy atom. The number of nitrogens with zero attached hydrogens (tertiary/aromatic N) is 4. The van der Waals surface area contributed by atoms with E-state index in [-0.39, 0.29) is 36.0 Å². The van der Waals surface area contributed by atoms with Gasteiger partial charge in [-0.25, -0.2) is 10.2 Å².